The van der Waals surface area contributed by atoms with Gasteiger partial charge in [-0.1, -0.05) is 42.5 Å². The van der Waals surface area contributed by atoms with Gasteiger partial charge >= 0.3 is 0 Å². The lowest BCUT2D eigenvalue weighted by Crippen LogP contribution is -2.24. The van der Waals surface area contributed by atoms with Crippen LogP contribution in [-0.4, -0.2) is 8.42 Å². The topological polar surface area (TPSA) is 70.0 Å². The van der Waals surface area contributed by atoms with Crippen molar-refractivity contribution >= 4 is 10.0 Å². The highest BCUT2D eigenvalue weighted by atomic mass is 32.2. The van der Waals surface area contributed by atoms with Crippen LogP contribution in [0.5, 0.6) is 0 Å². The number of nitrogens with one attached hydrogen (secondary N) is 1. The molecule has 0 fully saturated rings. The van der Waals surface area contributed by atoms with E-state index in [0.29, 0.717) is 5.56 Å². The summed E-state index contributed by atoms with van der Waals surface area (Å²) < 4.78 is 26.4. The van der Waals surface area contributed by atoms with Gasteiger partial charge < -0.3 is 0 Å². The molecule has 2 aromatic carbocycles. The van der Waals surface area contributed by atoms with Crippen LogP contribution in [0.2, 0.25) is 0 Å². The molecule has 1 N–H and O–H groups in total. The summed E-state index contributed by atoms with van der Waals surface area (Å²) in [5.74, 6) is -0.0498. The molecule has 2 rings (SSSR count). The average molecular weight is 286 g/mol. The van der Waals surface area contributed by atoms with Crippen molar-refractivity contribution in [3.05, 3.63) is 71.3 Å². The predicted molar refractivity (Wildman–Crippen MR) is 77.1 cm³/mol. The van der Waals surface area contributed by atoms with Crippen molar-refractivity contribution in [1.82, 2.24) is 4.72 Å². The molecular formula is C15H14N2O2S. The number of sulfonamides is 1. The summed E-state index contributed by atoms with van der Waals surface area (Å²) in [6.07, 6.45) is 0. The lowest BCUT2D eigenvalue weighted by molar-refractivity contribution is 0.580. The van der Waals surface area contributed by atoms with Crippen molar-refractivity contribution < 1.29 is 8.42 Å². The van der Waals surface area contributed by atoms with Gasteiger partial charge in [0.2, 0.25) is 10.0 Å². The van der Waals surface area contributed by atoms with E-state index in [2.05, 4.69) is 4.72 Å². The monoisotopic (exact) mass is 286 g/mol. The van der Waals surface area contributed by atoms with Crippen LogP contribution in [0.1, 0.15) is 16.7 Å². The van der Waals surface area contributed by atoms with E-state index in [1.807, 2.05) is 12.1 Å². The van der Waals surface area contributed by atoms with Crippen molar-refractivity contribution in [3.8, 4) is 6.07 Å². The first-order valence-corrected chi connectivity index (χ1v) is 7.74. The Balaban J connectivity index is 2.00. The molecule has 0 unspecified atom stereocenters. The van der Waals surface area contributed by atoms with Crippen LogP contribution >= 0.6 is 0 Å². The predicted octanol–water partition coefficient (Wildman–Crippen LogP) is 2.18. The summed E-state index contributed by atoms with van der Waals surface area (Å²) >= 11 is 0. The van der Waals surface area contributed by atoms with E-state index in [-0.39, 0.29) is 12.3 Å². The number of benzene rings is 2. The first-order chi connectivity index (χ1) is 9.59. The maximum Gasteiger partial charge on any atom is 0.216 e. The van der Waals surface area contributed by atoms with Crippen molar-refractivity contribution in [2.75, 3.05) is 0 Å². The molecule has 0 aliphatic heterocycles. The molecule has 2 aromatic rings. The van der Waals surface area contributed by atoms with Crippen LogP contribution < -0.4 is 4.72 Å². The SMILES string of the molecule is N#Cc1cccc(CNS(=O)(=O)Cc2ccccc2)c1. The number of hydrogen-bond acceptors (Lipinski definition) is 3. The highest BCUT2D eigenvalue weighted by molar-refractivity contribution is 7.88. The van der Waals surface area contributed by atoms with Crippen molar-refractivity contribution in [1.29, 1.82) is 5.26 Å². The second kappa shape index (κ2) is 6.33. The number of hydrogen-bond donors (Lipinski definition) is 1. The van der Waals surface area contributed by atoms with Crippen LogP contribution in [0, 0.1) is 11.3 Å². The van der Waals surface area contributed by atoms with E-state index in [1.165, 1.54) is 0 Å². The van der Waals surface area contributed by atoms with Gasteiger partial charge in [0, 0.05) is 6.54 Å². The molecule has 5 heteroatoms. The van der Waals surface area contributed by atoms with E-state index in [1.54, 1.807) is 48.5 Å². The third kappa shape index (κ3) is 4.19. The maximum atomic E-state index is 12.0. The third-order valence-electron chi connectivity index (χ3n) is 2.75. The molecule has 0 aliphatic rings. The molecule has 102 valence electrons. The molecule has 0 aliphatic carbocycles. The van der Waals surface area contributed by atoms with E-state index in [0.717, 1.165) is 11.1 Å². The Morgan fingerprint density at radius 3 is 2.40 bits per heavy atom. The van der Waals surface area contributed by atoms with E-state index in [4.69, 9.17) is 5.26 Å². The standard InChI is InChI=1S/C15H14N2O2S/c16-10-14-7-4-8-15(9-14)11-17-20(18,19)12-13-5-2-1-3-6-13/h1-9,17H,11-12H2. The molecule has 0 spiro atoms. The molecule has 0 atom stereocenters. The first kappa shape index (κ1) is 14.3. The molecule has 0 saturated carbocycles. The summed E-state index contributed by atoms with van der Waals surface area (Å²) in [5, 5.41) is 8.80. The minimum Gasteiger partial charge on any atom is -0.212 e. The van der Waals surface area contributed by atoms with Gasteiger partial charge in [-0.2, -0.15) is 5.26 Å². The quantitative estimate of drug-likeness (QED) is 0.915. The van der Waals surface area contributed by atoms with Gasteiger partial charge in [0.05, 0.1) is 17.4 Å². The van der Waals surface area contributed by atoms with Crippen molar-refractivity contribution in [2.24, 2.45) is 0 Å². The zero-order chi connectivity index (χ0) is 14.4. The summed E-state index contributed by atoms with van der Waals surface area (Å²) in [6.45, 7) is 0.185. The van der Waals surface area contributed by atoms with Crippen LogP contribution in [0.4, 0.5) is 0 Å². The minimum atomic E-state index is -3.39. The zero-order valence-corrected chi connectivity index (χ0v) is 11.6. The highest BCUT2D eigenvalue weighted by Gasteiger charge is 2.11. The minimum absolute atomic E-state index is 0.0498. The third-order valence-corrected chi connectivity index (χ3v) is 4.05. The Hall–Kier alpha value is -2.16. The van der Waals surface area contributed by atoms with E-state index in [9.17, 15) is 8.42 Å². The van der Waals surface area contributed by atoms with Gasteiger partial charge in [-0.25, -0.2) is 13.1 Å². The molecular weight excluding hydrogens is 272 g/mol. The van der Waals surface area contributed by atoms with Gasteiger partial charge in [0.25, 0.3) is 0 Å². The normalized spacial score (nSPS) is 10.9. The number of nitriles is 1. The summed E-state index contributed by atoms with van der Waals surface area (Å²) in [4.78, 5) is 0. The highest BCUT2D eigenvalue weighted by Crippen LogP contribution is 2.07. The average Bonchev–Trinajstić information content (AvgIpc) is 2.46. The first-order valence-electron chi connectivity index (χ1n) is 6.09. The molecule has 0 bridgehead atoms. The van der Waals surface area contributed by atoms with Crippen molar-refractivity contribution in [3.63, 3.8) is 0 Å². The fourth-order valence-electron chi connectivity index (χ4n) is 1.79. The fourth-order valence-corrected chi connectivity index (χ4v) is 2.91. The molecule has 20 heavy (non-hydrogen) atoms. The second-order valence-corrected chi connectivity index (χ2v) is 6.18. The Bertz CT molecular complexity index is 719. The molecule has 0 saturated heterocycles. The van der Waals surface area contributed by atoms with Gasteiger partial charge in [0.1, 0.15) is 0 Å². The summed E-state index contributed by atoms with van der Waals surface area (Å²) in [5.41, 5.74) is 2.02. The Labute approximate surface area is 118 Å². The van der Waals surface area contributed by atoms with Crippen LogP contribution in [0.25, 0.3) is 0 Å². The second-order valence-electron chi connectivity index (χ2n) is 4.38. The van der Waals surface area contributed by atoms with Crippen LogP contribution in [0.3, 0.4) is 0 Å². The molecule has 0 radical (unpaired) electrons. The number of nitrogens with zero attached hydrogens (tertiary/aromatic N) is 1. The lowest BCUT2D eigenvalue weighted by Gasteiger charge is -2.07. The van der Waals surface area contributed by atoms with Gasteiger partial charge in [-0.05, 0) is 23.3 Å². The number of rotatable bonds is 5. The lowest BCUT2D eigenvalue weighted by atomic mass is 10.1. The van der Waals surface area contributed by atoms with Crippen molar-refractivity contribution in [2.45, 2.75) is 12.3 Å². The zero-order valence-electron chi connectivity index (χ0n) is 10.8. The van der Waals surface area contributed by atoms with Gasteiger partial charge in [-0.3, -0.25) is 0 Å². The molecule has 0 heterocycles. The summed E-state index contributed by atoms with van der Waals surface area (Å²) in [7, 11) is -3.39. The Kier molecular flexibility index (Phi) is 4.51. The Morgan fingerprint density at radius 2 is 1.70 bits per heavy atom. The Morgan fingerprint density at radius 1 is 1.00 bits per heavy atom. The van der Waals surface area contributed by atoms with Gasteiger partial charge in [0.15, 0.2) is 0 Å². The van der Waals surface area contributed by atoms with Crippen LogP contribution in [-0.2, 0) is 22.3 Å². The van der Waals surface area contributed by atoms with E-state index >= 15 is 0 Å². The fraction of sp³-hybridized carbons (Fsp3) is 0.133. The maximum absolute atomic E-state index is 12.0. The van der Waals surface area contributed by atoms with Gasteiger partial charge in [-0.15, -0.1) is 0 Å². The smallest absolute Gasteiger partial charge is 0.212 e. The summed E-state index contributed by atoms with van der Waals surface area (Å²) in [6, 6.07) is 17.9. The molecule has 0 amide bonds. The molecule has 0 aromatic heterocycles. The molecule has 4 nitrogen and oxygen atoms in total. The largest absolute Gasteiger partial charge is 0.216 e. The van der Waals surface area contributed by atoms with Crippen LogP contribution in [0.15, 0.2) is 54.6 Å². The van der Waals surface area contributed by atoms with E-state index < -0.39 is 10.0 Å².